The number of aliphatic hydroxyl groups is 1. The topological polar surface area (TPSA) is 90.4 Å². The molecule has 0 radical (unpaired) electrons. The molecule has 1 aromatic heterocycles. The molecule has 0 amide bonds. The fourth-order valence-corrected chi connectivity index (χ4v) is 1.94. The molecular weight excluding hydrogens is 218 g/mol. The quantitative estimate of drug-likeness (QED) is 0.686. The largest absolute Gasteiger partial charge is 0.400 e. The Labute approximate surface area is 91.1 Å². The minimum absolute atomic E-state index is 0.189. The summed E-state index contributed by atoms with van der Waals surface area (Å²) in [6.45, 7) is 0. The lowest BCUT2D eigenvalue weighted by Crippen LogP contribution is -2.27. The number of nitrogens with two attached hydrogens (primary N) is 1. The average molecular weight is 231 g/mol. The predicted octanol–water partition coefficient (Wildman–Crippen LogP) is -0.347. The summed E-state index contributed by atoms with van der Waals surface area (Å²) in [5.74, 6) is 1.65. The molecule has 3 N–H and O–H groups in total. The zero-order chi connectivity index (χ0) is 11.3. The lowest BCUT2D eigenvalue weighted by molar-refractivity contribution is 0.0639. The summed E-state index contributed by atoms with van der Waals surface area (Å²) < 4.78 is 6.76. The van der Waals surface area contributed by atoms with Crippen molar-refractivity contribution >= 4 is 17.6 Å². The molecule has 0 bridgehead atoms. The fourth-order valence-electron chi connectivity index (χ4n) is 1.13. The van der Waals surface area contributed by atoms with Crippen LogP contribution in [0.3, 0.4) is 0 Å². The highest BCUT2D eigenvalue weighted by molar-refractivity contribution is 7.99. The van der Waals surface area contributed by atoms with E-state index in [1.807, 2.05) is 0 Å². The first-order chi connectivity index (χ1) is 7.27. The predicted molar refractivity (Wildman–Crippen MR) is 58.5 cm³/mol. The zero-order valence-electron chi connectivity index (χ0n) is 8.29. The number of thioether (sulfide) groups is 1. The highest BCUT2D eigenvalue weighted by Crippen LogP contribution is 2.23. The molecule has 6 nitrogen and oxygen atoms in total. The minimum atomic E-state index is -0.354. The first-order valence-electron chi connectivity index (χ1n) is 4.26. The number of nitrogens with zero attached hydrogens (tertiary/aromatic N) is 2. The Bertz CT molecular complexity index is 362. The summed E-state index contributed by atoms with van der Waals surface area (Å²) in [5, 5.41) is 7.00. The molecule has 2 heterocycles. The van der Waals surface area contributed by atoms with Crippen LogP contribution in [0.5, 0.6) is 0 Å². The molecule has 0 aromatic carbocycles. The van der Waals surface area contributed by atoms with E-state index in [9.17, 15) is 4.79 Å². The maximum atomic E-state index is 11.3. The molecular formula is C8H13N3O3S. The number of rotatable bonds is 1. The molecule has 0 unspecified atom stereocenters. The van der Waals surface area contributed by atoms with Crippen LogP contribution < -0.4 is 11.4 Å². The van der Waals surface area contributed by atoms with E-state index in [2.05, 4.69) is 4.98 Å². The second-order valence-electron chi connectivity index (χ2n) is 2.65. The van der Waals surface area contributed by atoms with Gasteiger partial charge in [-0.25, -0.2) is 4.79 Å². The van der Waals surface area contributed by atoms with Crippen molar-refractivity contribution in [3.8, 4) is 0 Å². The van der Waals surface area contributed by atoms with Crippen LogP contribution in [0.2, 0.25) is 0 Å². The van der Waals surface area contributed by atoms with Crippen molar-refractivity contribution in [2.24, 2.45) is 0 Å². The van der Waals surface area contributed by atoms with Crippen molar-refractivity contribution in [2.45, 2.75) is 6.23 Å². The molecule has 1 aromatic rings. The van der Waals surface area contributed by atoms with Gasteiger partial charge in [-0.2, -0.15) is 4.98 Å². The Kier molecular flexibility index (Phi) is 4.60. The number of nitrogen functional groups attached to an aromatic ring is 1. The van der Waals surface area contributed by atoms with E-state index < -0.39 is 0 Å². The molecule has 2 rings (SSSR count). The van der Waals surface area contributed by atoms with Gasteiger partial charge >= 0.3 is 5.69 Å². The average Bonchev–Trinajstić information content (AvgIpc) is 2.74. The van der Waals surface area contributed by atoms with Crippen LogP contribution in [0.4, 0.5) is 5.82 Å². The van der Waals surface area contributed by atoms with Crippen LogP contribution in [0.15, 0.2) is 17.1 Å². The van der Waals surface area contributed by atoms with E-state index in [0.717, 1.165) is 12.9 Å². The monoisotopic (exact) mass is 231 g/mol. The van der Waals surface area contributed by atoms with Gasteiger partial charge in [0.1, 0.15) is 12.0 Å². The standard InChI is InChI=1S/C7H9N3O2S.CH4O/c8-5-1-2-10(7(11)9-5)6-3-13-4-12-6;1-2/h1-2,6H,3-4H2,(H2,8,9,11);2H,1H3/t6-;/m0./s1. The number of aliphatic hydroxyl groups excluding tert-OH is 1. The first kappa shape index (κ1) is 12.0. The van der Waals surface area contributed by atoms with Gasteiger partial charge in [0.2, 0.25) is 0 Å². The molecule has 1 aliphatic rings. The van der Waals surface area contributed by atoms with Crippen molar-refractivity contribution in [2.75, 3.05) is 24.5 Å². The van der Waals surface area contributed by atoms with Crippen LogP contribution in [0.1, 0.15) is 6.23 Å². The Hall–Kier alpha value is -1.05. The van der Waals surface area contributed by atoms with E-state index >= 15 is 0 Å². The van der Waals surface area contributed by atoms with Crippen LogP contribution in [-0.2, 0) is 4.74 Å². The Balaban J connectivity index is 0.000000531. The SMILES string of the molecule is CO.Nc1ccn([C@@H]2CSCO2)c(=O)n1. The number of hydrogen-bond acceptors (Lipinski definition) is 6. The lowest BCUT2D eigenvalue weighted by Gasteiger charge is -2.10. The van der Waals surface area contributed by atoms with Gasteiger partial charge in [-0.05, 0) is 6.07 Å². The smallest absolute Gasteiger partial charge is 0.351 e. The van der Waals surface area contributed by atoms with E-state index in [-0.39, 0.29) is 17.7 Å². The van der Waals surface area contributed by atoms with Gasteiger partial charge in [-0.15, -0.1) is 11.8 Å². The molecule has 1 fully saturated rings. The third kappa shape index (κ3) is 2.95. The molecule has 0 saturated carbocycles. The normalized spacial score (nSPS) is 19.5. The van der Waals surface area contributed by atoms with Gasteiger partial charge in [0.05, 0.1) is 5.94 Å². The van der Waals surface area contributed by atoms with Crippen molar-refractivity contribution in [3.05, 3.63) is 22.7 Å². The third-order valence-electron chi connectivity index (χ3n) is 1.77. The highest BCUT2D eigenvalue weighted by Gasteiger charge is 2.18. The molecule has 15 heavy (non-hydrogen) atoms. The Morgan fingerprint density at radius 3 is 3.00 bits per heavy atom. The second-order valence-corrected chi connectivity index (χ2v) is 3.63. The van der Waals surface area contributed by atoms with Gasteiger partial charge in [0.25, 0.3) is 0 Å². The van der Waals surface area contributed by atoms with E-state index in [1.165, 1.54) is 4.57 Å². The molecule has 84 valence electrons. The number of ether oxygens (including phenoxy) is 1. The molecule has 7 heteroatoms. The molecule has 1 aliphatic heterocycles. The molecule has 0 spiro atoms. The first-order valence-corrected chi connectivity index (χ1v) is 5.41. The number of aromatic nitrogens is 2. The van der Waals surface area contributed by atoms with Gasteiger partial charge in [0, 0.05) is 19.1 Å². The summed E-state index contributed by atoms with van der Waals surface area (Å²) in [6, 6.07) is 1.59. The van der Waals surface area contributed by atoms with E-state index in [0.29, 0.717) is 5.94 Å². The second kappa shape index (κ2) is 5.74. The molecule has 0 aliphatic carbocycles. The summed E-state index contributed by atoms with van der Waals surface area (Å²) in [7, 11) is 1.00. The third-order valence-corrected chi connectivity index (χ3v) is 2.59. The van der Waals surface area contributed by atoms with Crippen molar-refractivity contribution < 1.29 is 9.84 Å². The van der Waals surface area contributed by atoms with Crippen LogP contribution in [-0.4, -0.2) is 33.5 Å². The van der Waals surface area contributed by atoms with Gasteiger partial charge in [-0.3, -0.25) is 4.57 Å². The van der Waals surface area contributed by atoms with Gasteiger partial charge in [0.15, 0.2) is 0 Å². The molecule has 1 saturated heterocycles. The highest BCUT2D eigenvalue weighted by atomic mass is 32.2. The zero-order valence-corrected chi connectivity index (χ0v) is 9.11. The Morgan fingerprint density at radius 2 is 2.47 bits per heavy atom. The summed E-state index contributed by atoms with van der Waals surface area (Å²) in [4.78, 5) is 14.9. The van der Waals surface area contributed by atoms with Crippen molar-refractivity contribution in [3.63, 3.8) is 0 Å². The summed E-state index contributed by atoms with van der Waals surface area (Å²) in [5.41, 5.74) is 5.00. The van der Waals surface area contributed by atoms with Gasteiger partial charge in [-0.1, -0.05) is 0 Å². The van der Waals surface area contributed by atoms with Crippen LogP contribution in [0.25, 0.3) is 0 Å². The van der Waals surface area contributed by atoms with Crippen LogP contribution in [0, 0.1) is 0 Å². The summed E-state index contributed by atoms with van der Waals surface area (Å²) >= 11 is 1.65. The minimum Gasteiger partial charge on any atom is -0.400 e. The number of hydrogen-bond donors (Lipinski definition) is 2. The van der Waals surface area contributed by atoms with Crippen molar-refractivity contribution in [1.82, 2.24) is 9.55 Å². The maximum absolute atomic E-state index is 11.3. The van der Waals surface area contributed by atoms with Crippen LogP contribution >= 0.6 is 11.8 Å². The van der Waals surface area contributed by atoms with Crippen molar-refractivity contribution in [1.29, 1.82) is 0 Å². The van der Waals surface area contributed by atoms with E-state index in [4.69, 9.17) is 15.6 Å². The fraction of sp³-hybridized carbons (Fsp3) is 0.500. The maximum Gasteiger partial charge on any atom is 0.351 e. The summed E-state index contributed by atoms with van der Waals surface area (Å²) in [6.07, 6.45) is 1.42. The lowest BCUT2D eigenvalue weighted by atomic mass is 10.5. The Morgan fingerprint density at radius 1 is 1.73 bits per heavy atom. The van der Waals surface area contributed by atoms with E-state index in [1.54, 1.807) is 24.0 Å². The van der Waals surface area contributed by atoms with Gasteiger partial charge < -0.3 is 15.6 Å². The molecule has 1 atom stereocenters. The number of anilines is 1.